The van der Waals surface area contributed by atoms with E-state index in [1.54, 1.807) is 7.05 Å². The van der Waals surface area contributed by atoms with Crippen LogP contribution >= 0.6 is 23.2 Å². The standard InChI is InChI=1S/C3H6Cl2N2/c1-6-7-2-3(4)5/h2-3,6H,1H3. The maximum atomic E-state index is 5.23. The molecule has 0 fully saturated rings. The van der Waals surface area contributed by atoms with Crippen molar-refractivity contribution in [3.8, 4) is 0 Å². The molecule has 0 aliphatic heterocycles. The molecule has 0 saturated carbocycles. The second-order valence-electron chi connectivity index (χ2n) is 0.836. The normalized spacial score (nSPS) is 10.9. The predicted molar refractivity (Wildman–Crippen MR) is 33.0 cm³/mol. The molecule has 2 nitrogen and oxygen atoms in total. The van der Waals surface area contributed by atoms with Gasteiger partial charge in [-0.2, -0.15) is 5.10 Å². The van der Waals surface area contributed by atoms with E-state index in [0.717, 1.165) is 0 Å². The number of halogens is 2. The molecule has 0 amide bonds. The number of rotatable bonds is 2. The monoisotopic (exact) mass is 140 g/mol. The Bertz CT molecular complexity index is 62.0. The summed E-state index contributed by atoms with van der Waals surface area (Å²) >= 11 is 10.5. The van der Waals surface area contributed by atoms with E-state index >= 15 is 0 Å². The fraction of sp³-hybridized carbons (Fsp3) is 0.667. The Morgan fingerprint density at radius 2 is 2.29 bits per heavy atom. The van der Waals surface area contributed by atoms with E-state index in [9.17, 15) is 0 Å². The Hall–Kier alpha value is 0.0500. The molecule has 0 aromatic rings. The van der Waals surface area contributed by atoms with Crippen LogP contribution in [0.25, 0.3) is 0 Å². The van der Waals surface area contributed by atoms with Crippen LogP contribution in [-0.4, -0.2) is 18.1 Å². The van der Waals surface area contributed by atoms with Crippen LogP contribution in [0, 0.1) is 0 Å². The van der Waals surface area contributed by atoms with Gasteiger partial charge in [0.2, 0.25) is 0 Å². The number of alkyl halides is 2. The van der Waals surface area contributed by atoms with Crippen LogP contribution < -0.4 is 5.43 Å². The molecular weight excluding hydrogens is 135 g/mol. The highest BCUT2D eigenvalue weighted by molar-refractivity contribution is 6.51. The third kappa shape index (κ3) is 6.05. The number of hydrazone groups is 1. The lowest BCUT2D eigenvalue weighted by Gasteiger charge is -1.85. The van der Waals surface area contributed by atoms with Gasteiger partial charge in [0.15, 0.2) is 0 Å². The van der Waals surface area contributed by atoms with Gasteiger partial charge in [-0.15, -0.1) is 0 Å². The van der Waals surface area contributed by atoms with Gasteiger partial charge in [-0.3, -0.25) is 0 Å². The molecule has 0 aromatic heterocycles. The largest absolute Gasteiger partial charge is 0.313 e. The molecule has 0 radical (unpaired) electrons. The molecule has 0 spiro atoms. The first-order chi connectivity index (χ1) is 3.27. The summed E-state index contributed by atoms with van der Waals surface area (Å²) in [5.74, 6) is 0. The lowest BCUT2D eigenvalue weighted by molar-refractivity contribution is 0.906. The molecule has 0 unspecified atom stereocenters. The topological polar surface area (TPSA) is 24.4 Å². The molecule has 0 atom stereocenters. The van der Waals surface area contributed by atoms with Crippen molar-refractivity contribution in [3.63, 3.8) is 0 Å². The fourth-order valence-corrected chi connectivity index (χ4v) is 0.244. The zero-order valence-electron chi connectivity index (χ0n) is 3.86. The zero-order valence-corrected chi connectivity index (χ0v) is 5.37. The van der Waals surface area contributed by atoms with E-state index in [1.165, 1.54) is 6.21 Å². The number of nitrogens with one attached hydrogen (secondary N) is 1. The number of nitrogens with zero attached hydrogens (tertiary/aromatic N) is 1. The van der Waals surface area contributed by atoms with Crippen molar-refractivity contribution >= 4 is 29.4 Å². The third-order valence-electron chi connectivity index (χ3n) is 0.316. The molecule has 0 saturated heterocycles. The maximum absolute atomic E-state index is 5.23. The van der Waals surface area contributed by atoms with Gasteiger partial charge in [0.1, 0.15) is 4.84 Å². The van der Waals surface area contributed by atoms with Crippen LogP contribution in [0.2, 0.25) is 0 Å². The SMILES string of the molecule is CNN=CC(Cl)Cl. The average molecular weight is 141 g/mol. The van der Waals surface area contributed by atoms with Crippen molar-refractivity contribution in [2.45, 2.75) is 4.84 Å². The molecule has 1 N–H and O–H groups in total. The first-order valence-corrected chi connectivity index (χ1v) is 2.62. The number of hydrogen-bond acceptors (Lipinski definition) is 2. The average Bonchev–Trinajstić information content (AvgIpc) is 1.61. The Kier molecular flexibility index (Phi) is 4.25. The Labute approximate surface area is 52.5 Å². The summed E-state index contributed by atoms with van der Waals surface area (Å²) in [7, 11) is 1.67. The summed E-state index contributed by atoms with van der Waals surface area (Å²) in [6.45, 7) is 0. The van der Waals surface area contributed by atoms with Crippen LogP contribution in [0.3, 0.4) is 0 Å². The molecular formula is C3H6Cl2N2. The predicted octanol–water partition coefficient (Wildman–Crippen LogP) is 0.995. The molecule has 7 heavy (non-hydrogen) atoms. The van der Waals surface area contributed by atoms with Gasteiger partial charge in [-0.05, 0) is 0 Å². The third-order valence-corrected chi connectivity index (χ3v) is 0.542. The highest BCUT2D eigenvalue weighted by atomic mass is 35.5. The van der Waals surface area contributed by atoms with Gasteiger partial charge >= 0.3 is 0 Å². The van der Waals surface area contributed by atoms with E-state index < -0.39 is 4.84 Å². The smallest absolute Gasteiger partial charge is 0.144 e. The molecule has 0 bridgehead atoms. The second-order valence-corrected chi connectivity index (χ2v) is 2.00. The van der Waals surface area contributed by atoms with Crippen LogP contribution in [0.5, 0.6) is 0 Å². The van der Waals surface area contributed by atoms with Crippen LogP contribution in [0.15, 0.2) is 5.10 Å². The summed E-state index contributed by atoms with van der Waals surface area (Å²) in [5, 5.41) is 3.53. The Morgan fingerprint density at radius 1 is 1.71 bits per heavy atom. The van der Waals surface area contributed by atoms with E-state index in [1.807, 2.05) is 0 Å². The van der Waals surface area contributed by atoms with Gasteiger partial charge in [-0.25, -0.2) is 0 Å². The molecule has 42 valence electrons. The Morgan fingerprint density at radius 3 is 2.43 bits per heavy atom. The maximum Gasteiger partial charge on any atom is 0.144 e. The summed E-state index contributed by atoms with van der Waals surface area (Å²) in [6.07, 6.45) is 1.39. The minimum atomic E-state index is -0.507. The van der Waals surface area contributed by atoms with Gasteiger partial charge in [-0.1, -0.05) is 23.2 Å². The first kappa shape index (κ1) is 7.05. The molecule has 0 rings (SSSR count). The summed E-state index contributed by atoms with van der Waals surface area (Å²) < 4.78 is 0. The van der Waals surface area contributed by atoms with Gasteiger partial charge in [0.05, 0.1) is 6.21 Å². The summed E-state index contributed by atoms with van der Waals surface area (Å²) in [4.78, 5) is -0.507. The van der Waals surface area contributed by atoms with Crippen molar-refractivity contribution in [1.82, 2.24) is 5.43 Å². The van der Waals surface area contributed by atoms with Gasteiger partial charge < -0.3 is 5.43 Å². The first-order valence-electron chi connectivity index (χ1n) is 1.75. The minimum absolute atomic E-state index is 0.507. The van der Waals surface area contributed by atoms with Gasteiger partial charge in [0.25, 0.3) is 0 Å². The zero-order chi connectivity index (χ0) is 5.70. The van der Waals surface area contributed by atoms with E-state index in [0.29, 0.717) is 0 Å². The quantitative estimate of drug-likeness (QED) is 0.346. The molecule has 0 aliphatic carbocycles. The van der Waals surface area contributed by atoms with Crippen molar-refractivity contribution < 1.29 is 0 Å². The van der Waals surface area contributed by atoms with Crippen molar-refractivity contribution in [2.24, 2.45) is 5.10 Å². The lowest BCUT2D eigenvalue weighted by atomic mass is 10.9. The van der Waals surface area contributed by atoms with Crippen LogP contribution in [-0.2, 0) is 0 Å². The summed E-state index contributed by atoms with van der Waals surface area (Å²) in [5.41, 5.74) is 2.50. The van der Waals surface area contributed by atoms with Crippen molar-refractivity contribution in [1.29, 1.82) is 0 Å². The molecule has 4 heteroatoms. The Balaban J connectivity index is 3.08. The fourth-order valence-electron chi connectivity index (χ4n) is 0.131. The van der Waals surface area contributed by atoms with E-state index in [4.69, 9.17) is 23.2 Å². The molecule has 0 aliphatic rings. The van der Waals surface area contributed by atoms with E-state index in [2.05, 4.69) is 10.5 Å². The molecule has 0 heterocycles. The lowest BCUT2D eigenvalue weighted by Crippen LogP contribution is -1.97. The van der Waals surface area contributed by atoms with Crippen LogP contribution in [0.1, 0.15) is 0 Å². The number of hydrogen-bond donors (Lipinski definition) is 1. The van der Waals surface area contributed by atoms with Crippen molar-refractivity contribution in [2.75, 3.05) is 7.05 Å². The minimum Gasteiger partial charge on any atom is -0.313 e. The highest BCUT2D eigenvalue weighted by Crippen LogP contribution is 1.94. The van der Waals surface area contributed by atoms with Crippen LogP contribution in [0.4, 0.5) is 0 Å². The van der Waals surface area contributed by atoms with Crippen molar-refractivity contribution in [3.05, 3.63) is 0 Å². The highest BCUT2D eigenvalue weighted by Gasteiger charge is 1.86. The summed E-state index contributed by atoms with van der Waals surface area (Å²) in [6, 6.07) is 0. The van der Waals surface area contributed by atoms with Gasteiger partial charge in [0, 0.05) is 7.05 Å². The van der Waals surface area contributed by atoms with E-state index in [-0.39, 0.29) is 0 Å². The second kappa shape index (κ2) is 4.22. The molecule has 0 aromatic carbocycles.